The molecule has 5 heteroatoms. The van der Waals surface area contributed by atoms with Crippen molar-refractivity contribution in [1.82, 2.24) is 5.32 Å². The second-order valence-corrected chi connectivity index (χ2v) is 6.09. The molecule has 0 aliphatic heterocycles. The number of carbonyl (C=O) groups is 2. The van der Waals surface area contributed by atoms with Gasteiger partial charge in [0.05, 0.1) is 7.11 Å². The number of hydrogen-bond donors (Lipinski definition) is 1. The van der Waals surface area contributed by atoms with Gasteiger partial charge in [0.15, 0.2) is 5.78 Å². The van der Waals surface area contributed by atoms with E-state index < -0.39 is 0 Å². The molecule has 24 heavy (non-hydrogen) atoms. The molecule has 0 spiro atoms. The van der Waals surface area contributed by atoms with Gasteiger partial charge in [-0.2, -0.15) is 0 Å². The number of methoxy groups -OCH3 is 1. The van der Waals surface area contributed by atoms with Crippen molar-refractivity contribution in [2.75, 3.05) is 7.11 Å². The van der Waals surface area contributed by atoms with E-state index >= 15 is 0 Å². The number of rotatable bonds is 6. The first-order valence-electron chi connectivity index (χ1n) is 7.67. The Kier molecular flexibility index (Phi) is 5.99. The van der Waals surface area contributed by atoms with Crippen molar-refractivity contribution in [2.24, 2.45) is 5.92 Å². The highest BCUT2D eigenvalue weighted by Gasteiger charge is 2.23. The van der Waals surface area contributed by atoms with Gasteiger partial charge in [-0.3, -0.25) is 9.59 Å². The maximum Gasteiger partial charge on any atom is 0.251 e. The number of nitrogens with one attached hydrogen (secondary N) is 1. The fourth-order valence-corrected chi connectivity index (χ4v) is 2.39. The van der Waals surface area contributed by atoms with Crippen LogP contribution in [0.3, 0.4) is 0 Å². The zero-order chi connectivity index (χ0) is 17.7. The smallest absolute Gasteiger partial charge is 0.251 e. The highest BCUT2D eigenvalue weighted by molar-refractivity contribution is 6.30. The Bertz CT molecular complexity index is 710. The summed E-state index contributed by atoms with van der Waals surface area (Å²) in [5.41, 5.74) is 1.10. The number of hydrogen-bond acceptors (Lipinski definition) is 3. The summed E-state index contributed by atoms with van der Waals surface area (Å²) in [6.45, 7) is 3.62. The van der Waals surface area contributed by atoms with E-state index in [2.05, 4.69) is 5.32 Å². The standard InChI is InChI=1S/C19H20ClNO3/c1-12(18(22)14-4-8-16(20)9-5-14)13(2)21-19(23)15-6-10-17(24-3)11-7-15/h4-13H,1-3H3,(H,21,23). The molecule has 1 amide bonds. The summed E-state index contributed by atoms with van der Waals surface area (Å²) in [5, 5.41) is 3.45. The van der Waals surface area contributed by atoms with Crippen LogP contribution in [-0.2, 0) is 0 Å². The molecule has 2 unspecified atom stereocenters. The van der Waals surface area contributed by atoms with E-state index in [9.17, 15) is 9.59 Å². The minimum absolute atomic E-state index is 0.0332. The first-order valence-corrected chi connectivity index (χ1v) is 8.05. The van der Waals surface area contributed by atoms with E-state index in [0.717, 1.165) is 0 Å². The molecule has 0 bridgehead atoms. The number of amides is 1. The second kappa shape index (κ2) is 7.97. The molecule has 0 radical (unpaired) electrons. The van der Waals surface area contributed by atoms with Crippen LogP contribution >= 0.6 is 11.6 Å². The first kappa shape index (κ1) is 18.0. The molecule has 0 aliphatic carbocycles. The van der Waals surface area contributed by atoms with Crippen LogP contribution in [0.5, 0.6) is 5.75 Å². The monoisotopic (exact) mass is 345 g/mol. The lowest BCUT2D eigenvalue weighted by Crippen LogP contribution is -2.40. The maximum atomic E-state index is 12.5. The molecular formula is C19H20ClNO3. The van der Waals surface area contributed by atoms with Crippen LogP contribution in [0.1, 0.15) is 34.6 Å². The SMILES string of the molecule is COc1ccc(C(=O)NC(C)C(C)C(=O)c2ccc(Cl)cc2)cc1. The molecule has 2 aromatic carbocycles. The van der Waals surface area contributed by atoms with Gasteiger partial charge >= 0.3 is 0 Å². The number of halogens is 1. The molecular weight excluding hydrogens is 326 g/mol. The summed E-state index contributed by atoms with van der Waals surface area (Å²) in [7, 11) is 1.57. The highest BCUT2D eigenvalue weighted by atomic mass is 35.5. The van der Waals surface area contributed by atoms with Crippen molar-refractivity contribution in [3.05, 3.63) is 64.7 Å². The summed E-state index contributed by atoms with van der Waals surface area (Å²) in [6, 6.07) is 13.3. The van der Waals surface area contributed by atoms with Crippen LogP contribution in [0.15, 0.2) is 48.5 Å². The average molecular weight is 346 g/mol. The minimum atomic E-state index is -0.353. The van der Waals surface area contributed by atoms with Crippen LogP contribution in [0.4, 0.5) is 0 Å². The van der Waals surface area contributed by atoms with Gasteiger partial charge in [-0.05, 0) is 55.5 Å². The van der Waals surface area contributed by atoms with Gasteiger partial charge in [0, 0.05) is 28.1 Å². The van der Waals surface area contributed by atoms with E-state index in [-0.39, 0.29) is 23.7 Å². The first-order chi connectivity index (χ1) is 11.4. The lowest BCUT2D eigenvalue weighted by molar-refractivity contribution is 0.0868. The fraction of sp³-hybridized carbons (Fsp3) is 0.263. The van der Waals surface area contributed by atoms with Gasteiger partial charge in [0.25, 0.3) is 5.91 Å². The molecule has 0 saturated carbocycles. The Morgan fingerprint density at radius 3 is 2.04 bits per heavy atom. The van der Waals surface area contributed by atoms with Gasteiger partial charge in [-0.25, -0.2) is 0 Å². The minimum Gasteiger partial charge on any atom is -0.497 e. The van der Waals surface area contributed by atoms with E-state index in [0.29, 0.717) is 21.9 Å². The van der Waals surface area contributed by atoms with Crippen LogP contribution in [0, 0.1) is 5.92 Å². The molecule has 2 aromatic rings. The summed E-state index contributed by atoms with van der Waals surface area (Å²) in [6.07, 6.45) is 0. The van der Waals surface area contributed by atoms with Crippen molar-refractivity contribution < 1.29 is 14.3 Å². The van der Waals surface area contributed by atoms with Gasteiger partial charge in [-0.15, -0.1) is 0 Å². The van der Waals surface area contributed by atoms with Crippen LogP contribution in [-0.4, -0.2) is 24.8 Å². The topological polar surface area (TPSA) is 55.4 Å². The van der Waals surface area contributed by atoms with Crippen molar-refractivity contribution in [2.45, 2.75) is 19.9 Å². The predicted molar refractivity (Wildman–Crippen MR) is 94.9 cm³/mol. The third-order valence-electron chi connectivity index (χ3n) is 4.00. The quantitative estimate of drug-likeness (QED) is 0.805. The molecule has 0 aliphatic rings. The average Bonchev–Trinajstić information content (AvgIpc) is 2.61. The Hall–Kier alpha value is -2.33. The number of benzene rings is 2. The lowest BCUT2D eigenvalue weighted by Gasteiger charge is -2.20. The highest BCUT2D eigenvalue weighted by Crippen LogP contribution is 2.16. The molecule has 0 aromatic heterocycles. The molecule has 0 saturated heterocycles. The lowest BCUT2D eigenvalue weighted by atomic mass is 9.93. The zero-order valence-electron chi connectivity index (χ0n) is 13.9. The normalized spacial score (nSPS) is 13.0. The predicted octanol–water partition coefficient (Wildman–Crippen LogP) is 3.99. The van der Waals surface area contributed by atoms with Crippen LogP contribution < -0.4 is 10.1 Å². The van der Waals surface area contributed by atoms with E-state index in [1.165, 1.54) is 0 Å². The molecule has 1 N–H and O–H groups in total. The molecule has 2 rings (SSSR count). The largest absolute Gasteiger partial charge is 0.497 e. The number of Topliss-reactive ketones (excluding diaryl/α,β-unsaturated/α-hetero) is 1. The van der Waals surface area contributed by atoms with Gasteiger partial charge in [0.2, 0.25) is 0 Å². The Labute approximate surface area is 146 Å². The summed E-state index contributed by atoms with van der Waals surface area (Å²) < 4.78 is 5.07. The third-order valence-corrected chi connectivity index (χ3v) is 4.26. The van der Waals surface area contributed by atoms with Gasteiger partial charge in [-0.1, -0.05) is 18.5 Å². The molecule has 4 nitrogen and oxygen atoms in total. The van der Waals surface area contributed by atoms with Gasteiger partial charge < -0.3 is 10.1 Å². The third kappa shape index (κ3) is 4.36. The van der Waals surface area contributed by atoms with E-state index in [1.807, 2.05) is 6.92 Å². The summed E-state index contributed by atoms with van der Waals surface area (Å²) >= 11 is 5.84. The number of ether oxygens (including phenoxy) is 1. The molecule has 0 fully saturated rings. The van der Waals surface area contributed by atoms with Crippen LogP contribution in [0.2, 0.25) is 5.02 Å². The van der Waals surface area contributed by atoms with Crippen molar-refractivity contribution >= 4 is 23.3 Å². The van der Waals surface area contributed by atoms with Crippen molar-refractivity contribution in [1.29, 1.82) is 0 Å². The summed E-state index contributed by atoms with van der Waals surface area (Å²) in [5.74, 6) is 0.0781. The number of ketones is 1. The fourth-order valence-electron chi connectivity index (χ4n) is 2.26. The Morgan fingerprint density at radius 1 is 0.958 bits per heavy atom. The molecule has 2 atom stereocenters. The second-order valence-electron chi connectivity index (χ2n) is 5.65. The molecule has 126 valence electrons. The Balaban J connectivity index is 2.01. The summed E-state index contributed by atoms with van der Waals surface area (Å²) in [4.78, 5) is 24.8. The maximum absolute atomic E-state index is 12.5. The van der Waals surface area contributed by atoms with E-state index in [1.54, 1.807) is 62.6 Å². The van der Waals surface area contributed by atoms with Crippen molar-refractivity contribution in [3.63, 3.8) is 0 Å². The number of carbonyl (C=O) groups excluding carboxylic acids is 2. The van der Waals surface area contributed by atoms with E-state index in [4.69, 9.17) is 16.3 Å². The van der Waals surface area contributed by atoms with Crippen LogP contribution in [0.25, 0.3) is 0 Å². The zero-order valence-corrected chi connectivity index (χ0v) is 14.6. The van der Waals surface area contributed by atoms with Gasteiger partial charge in [0.1, 0.15) is 5.75 Å². The Morgan fingerprint density at radius 2 is 1.50 bits per heavy atom. The molecule has 0 heterocycles. The van der Waals surface area contributed by atoms with Crippen molar-refractivity contribution in [3.8, 4) is 5.75 Å².